The summed E-state index contributed by atoms with van der Waals surface area (Å²) in [6, 6.07) is 0. The van der Waals surface area contributed by atoms with Crippen molar-refractivity contribution >= 4 is 5.97 Å². The number of carboxylic acid groups (broad SMARTS) is 1. The van der Waals surface area contributed by atoms with E-state index in [1.807, 2.05) is 13.8 Å². The number of carbonyl (C=O) groups is 1. The molecule has 0 aliphatic carbocycles. The van der Waals surface area contributed by atoms with Gasteiger partial charge < -0.3 is 10.8 Å². The molecule has 0 bridgehead atoms. The summed E-state index contributed by atoms with van der Waals surface area (Å²) in [7, 11) is 0. The summed E-state index contributed by atoms with van der Waals surface area (Å²) in [6.45, 7) is 5.24. The number of aliphatic carboxylic acids is 1. The van der Waals surface area contributed by atoms with Gasteiger partial charge in [0.05, 0.1) is 5.57 Å². The van der Waals surface area contributed by atoms with Crippen molar-refractivity contribution in [1.29, 1.82) is 0 Å². The van der Waals surface area contributed by atoms with E-state index in [2.05, 4.69) is 0 Å². The summed E-state index contributed by atoms with van der Waals surface area (Å²) in [5.74, 6) is -0.831. The standard InChI is InChI=1S/C7H13NO2/c1-4(2)6(8)5(3)7(9)10/h4H,8H2,1-3H3,(H,9,10). The first-order valence-corrected chi connectivity index (χ1v) is 3.16. The van der Waals surface area contributed by atoms with E-state index in [0.717, 1.165) is 0 Å². The van der Waals surface area contributed by atoms with E-state index in [9.17, 15) is 4.79 Å². The van der Waals surface area contributed by atoms with E-state index in [0.29, 0.717) is 5.70 Å². The molecule has 0 aliphatic heterocycles. The monoisotopic (exact) mass is 143 g/mol. The lowest BCUT2D eigenvalue weighted by atomic mass is 10.1. The quantitative estimate of drug-likeness (QED) is 0.566. The third-order valence-electron chi connectivity index (χ3n) is 1.38. The van der Waals surface area contributed by atoms with Crippen molar-refractivity contribution in [2.75, 3.05) is 0 Å². The second kappa shape index (κ2) is 3.25. The Balaban J connectivity index is 4.50. The van der Waals surface area contributed by atoms with Gasteiger partial charge in [-0.1, -0.05) is 13.8 Å². The Morgan fingerprint density at radius 2 is 1.90 bits per heavy atom. The zero-order chi connectivity index (χ0) is 8.31. The molecule has 0 aromatic rings. The molecule has 3 N–H and O–H groups in total. The number of rotatable bonds is 2. The third kappa shape index (κ3) is 2.09. The van der Waals surface area contributed by atoms with Crippen molar-refractivity contribution in [2.24, 2.45) is 11.7 Å². The molecule has 58 valence electrons. The normalized spacial score (nSPS) is 13.2. The fraction of sp³-hybridized carbons (Fsp3) is 0.571. The molecular formula is C7H13NO2. The van der Waals surface area contributed by atoms with Gasteiger partial charge in [-0.25, -0.2) is 4.79 Å². The van der Waals surface area contributed by atoms with E-state index in [1.165, 1.54) is 6.92 Å². The van der Waals surface area contributed by atoms with Gasteiger partial charge in [0.15, 0.2) is 0 Å². The average molecular weight is 143 g/mol. The number of allylic oxidation sites excluding steroid dienone is 1. The van der Waals surface area contributed by atoms with E-state index >= 15 is 0 Å². The maximum Gasteiger partial charge on any atom is 0.333 e. The fourth-order valence-corrected chi connectivity index (χ4v) is 0.556. The van der Waals surface area contributed by atoms with Crippen LogP contribution in [0.3, 0.4) is 0 Å². The molecule has 0 saturated heterocycles. The first-order chi connectivity index (χ1) is 4.46. The molecule has 3 nitrogen and oxygen atoms in total. The lowest BCUT2D eigenvalue weighted by molar-refractivity contribution is -0.132. The van der Waals surface area contributed by atoms with Crippen molar-refractivity contribution in [2.45, 2.75) is 20.8 Å². The maximum absolute atomic E-state index is 10.3. The fourth-order valence-electron chi connectivity index (χ4n) is 0.556. The first-order valence-electron chi connectivity index (χ1n) is 3.16. The molecule has 10 heavy (non-hydrogen) atoms. The van der Waals surface area contributed by atoms with Crippen LogP contribution in [0, 0.1) is 5.92 Å². The van der Waals surface area contributed by atoms with Crippen molar-refractivity contribution in [3.05, 3.63) is 11.3 Å². The third-order valence-corrected chi connectivity index (χ3v) is 1.38. The Labute approximate surface area is 60.5 Å². The summed E-state index contributed by atoms with van der Waals surface area (Å²) in [6.07, 6.45) is 0. The summed E-state index contributed by atoms with van der Waals surface area (Å²) in [5.41, 5.74) is 6.16. The lowest BCUT2D eigenvalue weighted by Crippen LogP contribution is -2.12. The van der Waals surface area contributed by atoms with Gasteiger partial charge >= 0.3 is 5.97 Å². The molecule has 0 fully saturated rings. The van der Waals surface area contributed by atoms with Gasteiger partial charge in [0.25, 0.3) is 0 Å². The van der Waals surface area contributed by atoms with E-state index in [1.54, 1.807) is 0 Å². The van der Waals surface area contributed by atoms with Gasteiger partial charge in [0.1, 0.15) is 0 Å². The molecule has 0 rings (SSSR count). The molecule has 0 aromatic heterocycles. The Morgan fingerprint density at radius 3 is 2.00 bits per heavy atom. The number of carboxylic acids is 1. The molecule has 0 aromatic carbocycles. The Morgan fingerprint density at radius 1 is 1.50 bits per heavy atom. The van der Waals surface area contributed by atoms with Gasteiger partial charge in [0.2, 0.25) is 0 Å². The molecule has 0 unspecified atom stereocenters. The van der Waals surface area contributed by atoms with Crippen LogP contribution in [0.2, 0.25) is 0 Å². The molecule has 3 heteroatoms. The highest BCUT2D eigenvalue weighted by Gasteiger charge is 2.07. The highest BCUT2D eigenvalue weighted by Crippen LogP contribution is 2.07. The topological polar surface area (TPSA) is 63.3 Å². The Hall–Kier alpha value is -0.990. The van der Waals surface area contributed by atoms with Crippen LogP contribution in [0.1, 0.15) is 20.8 Å². The number of nitrogens with two attached hydrogens (primary N) is 1. The van der Waals surface area contributed by atoms with E-state index in [4.69, 9.17) is 10.8 Å². The molecule has 0 heterocycles. The summed E-state index contributed by atoms with van der Waals surface area (Å²) < 4.78 is 0. The molecule has 0 amide bonds. The van der Waals surface area contributed by atoms with Crippen LogP contribution in [0.5, 0.6) is 0 Å². The zero-order valence-corrected chi connectivity index (χ0v) is 6.51. The van der Waals surface area contributed by atoms with Crippen molar-refractivity contribution < 1.29 is 9.90 Å². The SMILES string of the molecule is CC(C(=O)O)=C(N)C(C)C. The molecular weight excluding hydrogens is 130 g/mol. The molecule has 0 spiro atoms. The van der Waals surface area contributed by atoms with Crippen molar-refractivity contribution in [3.8, 4) is 0 Å². The second-order valence-electron chi connectivity index (χ2n) is 2.54. The van der Waals surface area contributed by atoms with Gasteiger partial charge in [-0.15, -0.1) is 0 Å². The largest absolute Gasteiger partial charge is 0.478 e. The van der Waals surface area contributed by atoms with Crippen LogP contribution in [-0.4, -0.2) is 11.1 Å². The van der Waals surface area contributed by atoms with Crippen molar-refractivity contribution in [3.63, 3.8) is 0 Å². The molecule has 0 saturated carbocycles. The van der Waals surface area contributed by atoms with Crippen LogP contribution in [0.25, 0.3) is 0 Å². The zero-order valence-electron chi connectivity index (χ0n) is 6.51. The van der Waals surface area contributed by atoms with E-state index < -0.39 is 5.97 Å². The lowest BCUT2D eigenvalue weighted by Gasteiger charge is -2.06. The van der Waals surface area contributed by atoms with Gasteiger partial charge in [-0.2, -0.15) is 0 Å². The van der Waals surface area contributed by atoms with Crippen LogP contribution in [0.15, 0.2) is 11.3 Å². The summed E-state index contributed by atoms with van der Waals surface area (Å²) >= 11 is 0. The van der Waals surface area contributed by atoms with Crippen molar-refractivity contribution in [1.82, 2.24) is 0 Å². The smallest absolute Gasteiger partial charge is 0.333 e. The van der Waals surface area contributed by atoms with Gasteiger partial charge in [-0.3, -0.25) is 0 Å². The maximum atomic E-state index is 10.3. The second-order valence-corrected chi connectivity index (χ2v) is 2.54. The van der Waals surface area contributed by atoms with Crippen LogP contribution >= 0.6 is 0 Å². The predicted octanol–water partition coefficient (Wildman–Crippen LogP) is 0.960. The Kier molecular flexibility index (Phi) is 2.93. The molecule has 0 aliphatic rings. The van der Waals surface area contributed by atoms with Crippen LogP contribution in [0.4, 0.5) is 0 Å². The predicted molar refractivity (Wildman–Crippen MR) is 39.4 cm³/mol. The highest BCUT2D eigenvalue weighted by molar-refractivity contribution is 5.86. The number of hydrogen-bond donors (Lipinski definition) is 2. The van der Waals surface area contributed by atoms with Crippen LogP contribution in [-0.2, 0) is 4.79 Å². The first kappa shape index (κ1) is 9.01. The van der Waals surface area contributed by atoms with Crippen LogP contribution < -0.4 is 5.73 Å². The van der Waals surface area contributed by atoms with E-state index in [-0.39, 0.29) is 11.5 Å². The summed E-state index contributed by atoms with van der Waals surface area (Å²) in [5, 5.41) is 8.46. The average Bonchev–Trinajstić information content (AvgIpc) is 1.84. The minimum Gasteiger partial charge on any atom is -0.478 e. The number of hydrogen-bond acceptors (Lipinski definition) is 2. The van der Waals surface area contributed by atoms with Gasteiger partial charge in [0, 0.05) is 5.70 Å². The Bertz CT molecular complexity index is 170. The summed E-state index contributed by atoms with van der Waals surface area (Å²) in [4.78, 5) is 10.3. The molecule has 0 atom stereocenters. The molecule has 0 radical (unpaired) electrons. The highest BCUT2D eigenvalue weighted by atomic mass is 16.4. The minimum absolute atomic E-state index is 0.107. The minimum atomic E-state index is -0.939. The van der Waals surface area contributed by atoms with Gasteiger partial charge in [-0.05, 0) is 12.8 Å².